The molecule has 0 fully saturated rings. The Morgan fingerprint density at radius 2 is 0.920 bits per heavy atom. The Hall–Kier alpha value is -0.430. The standard InChI is InChI=1S/C10H10N2.C8H12N2.I2.HI/c1-7-5-9-10(6-8(7)2)12-4-3-11-9;1-5-3-7(9)8(10)4-6(5)2;1-2;/h3-6H,1-2H3;3-4H,9-10H2,1-2H3;;1H. The Balaban J connectivity index is 0.000000410. The lowest BCUT2D eigenvalue weighted by atomic mass is 10.1. The molecule has 1 heterocycles. The van der Waals surface area contributed by atoms with Crippen LogP contribution in [0.15, 0.2) is 36.7 Å². The van der Waals surface area contributed by atoms with Crippen LogP contribution in [-0.4, -0.2) is 9.97 Å². The first-order valence-electron chi connectivity index (χ1n) is 7.33. The number of nitrogen functional groups attached to an aromatic ring is 2. The Labute approximate surface area is 189 Å². The van der Waals surface area contributed by atoms with Gasteiger partial charge in [0.25, 0.3) is 0 Å². The number of nitrogens with zero attached hydrogens (tertiary/aromatic N) is 2. The van der Waals surface area contributed by atoms with E-state index in [9.17, 15) is 0 Å². The third kappa shape index (κ3) is 7.37. The number of halogens is 3. The number of aromatic nitrogens is 2. The Morgan fingerprint density at radius 3 is 1.24 bits per heavy atom. The quantitative estimate of drug-likeness (QED) is 0.223. The molecule has 1 aromatic heterocycles. The predicted octanol–water partition coefficient (Wildman–Crippen LogP) is 6.10. The van der Waals surface area contributed by atoms with Crippen LogP contribution in [0, 0.1) is 27.7 Å². The summed E-state index contributed by atoms with van der Waals surface area (Å²) in [6.45, 7) is 8.21. The first kappa shape index (κ1) is 24.6. The Morgan fingerprint density at radius 1 is 0.640 bits per heavy atom. The van der Waals surface area contributed by atoms with E-state index in [2.05, 4.69) is 73.2 Å². The molecule has 0 saturated carbocycles. The average Bonchev–Trinajstić information content (AvgIpc) is 2.57. The second kappa shape index (κ2) is 12.0. The summed E-state index contributed by atoms with van der Waals surface area (Å²) in [6, 6.07) is 7.92. The molecule has 0 aliphatic rings. The van der Waals surface area contributed by atoms with Gasteiger partial charge in [-0.05, 0) is 74.2 Å². The minimum atomic E-state index is 0. The van der Waals surface area contributed by atoms with Crippen molar-refractivity contribution in [2.24, 2.45) is 0 Å². The summed E-state index contributed by atoms with van der Waals surface area (Å²) in [5, 5.41) is 0. The average molecular weight is 676 g/mol. The molecule has 0 radical (unpaired) electrons. The first-order valence-corrected chi connectivity index (χ1v) is 13.6. The number of benzene rings is 2. The van der Waals surface area contributed by atoms with Gasteiger partial charge in [0.05, 0.1) is 22.4 Å². The zero-order valence-electron chi connectivity index (χ0n) is 14.7. The fourth-order valence-corrected chi connectivity index (χ4v) is 2.08. The molecule has 2 aromatic carbocycles. The zero-order valence-corrected chi connectivity index (χ0v) is 21.3. The summed E-state index contributed by atoms with van der Waals surface area (Å²) in [5.74, 6) is 0. The van der Waals surface area contributed by atoms with E-state index in [1.807, 2.05) is 26.0 Å². The van der Waals surface area contributed by atoms with Crippen LogP contribution < -0.4 is 11.5 Å². The van der Waals surface area contributed by atoms with Gasteiger partial charge in [-0.25, -0.2) is 0 Å². The van der Waals surface area contributed by atoms with Gasteiger partial charge in [-0.3, -0.25) is 9.97 Å². The summed E-state index contributed by atoms with van der Waals surface area (Å²) < 4.78 is 0. The lowest BCUT2D eigenvalue weighted by Crippen LogP contribution is -1.96. The molecule has 0 saturated heterocycles. The van der Waals surface area contributed by atoms with Crippen LogP contribution in [0.4, 0.5) is 11.4 Å². The van der Waals surface area contributed by atoms with Crippen molar-refractivity contribution in [2.75, 3.05) is 11.5 Å². The van der Waals surface area contributed by atoms with Crippen molar-refractivity contribution in [3.05, 3.63) is 58.9 Å². The van der Waals surface area contributed by atoms with Gasteiger partial charge in [-0.1, -0.05) is 0 Å². The summed E-state index contributed by atoms with van der Waals surface area (Å²) in [4.78, 5) is 8.44. The van der Waals surface area contributed by atoms with Gasteiger partial charge in [0.1, 0.15) is 0 Å². The summed E-state index contributed by atoms with van der Waals surface area (Å²) in [6.07, 6.45) is 3.44. The number of hydrogen-bond donors (Lipinski definition) is 2. The molecule has 0 atom stereocenters. The molecule has 136 valence electrons. The van der Waals surface area contributed by atoms with Crippen molar-refractivity contribution in [2.45, 2.75) is 27.7 Å². The van der Waals surface area contributed by atoms with Crippen LogP contribution in [0.2, 0.25) is 0 Å². The highest BCUT2D eigenvalue weighted by Crippen LogP contribution is 2.19. The molecule has 0 amide bonds. The molecule has 4 nitrogen and oxygen atoms in total. The maximum atomic E-state index is 5.56. The second-order valence-corrected chi connectivity index (χ2v) is 5.55. The second-order valence-electron chi connectivity index (χ2n) is 5.55. The molecule has 0 bridgehead atoms. The molecule has 0 aliphatic carbocycles. The number of nitrogens with two attached hydrogens (primary N) is 2. The number of hydrogen-bond acceptors (Lipinski definition) is 4. The van der Waals surface area contributed by atoms with Crippen molar-refractivity contribution in [1.29, 1.82) is 0 Å². The van der Waals surface area contributed by atoms with E-state index < -0.39 is 0 Å². The van der Waals surface area contributed by atoms with Gasteiger partial charge >= 0.3 is 0 Å². The normalized spacial score (nSPS) is 9.20. The highest BCUT2D eigenvalue weighted by atomic mass is 128. The van der Waals surface area contributed by atoms with Crippen LogP contribution in [0.5, 0.6) is 0 Å². The number of fused-ring (bicyclic) bond motifs is 1. The van der Waals surface area contributed by atoms with Crippen molar-refractivity contribution >= 4 is 83.6 Å². The maximum Gasteiger partial charge on any atom is 0.0889 e. The lowest BCUT2D eigenvalue weighted by Gasteiger charge is -2.03. The van der Waals surface area contributed by atoms with Gasteiger partial charge < -0.3 is 11.5 Å². The minimum absolute atomic E-state index is 0. The van der Waals surface area contributed by atoms with Gasteiger partial charge in [-0.15, -0.1) is 24.0 Å². The summed E-state index contributed by atoms with van der Waals surface area (Å²) in [5.41, 5.74) is 19.3. The lowest BCUT2D eigenvalue weighted by molar-refractivity contribution is 1.26. The van der Waals surface area contributed by atoms with Crippen molar-refractivity contribution in [3.63, 3.8) is 0 Å². The van der Waals surface area contributed by atoms with E-state index in [1.165, 1.54) is 22.3 Å². The van der Waals surface area contributed by atoms with Crippen molar-refractivity contribution in [1.82, 2.24) is 9.97 Å². The zero-order chi connectivity index (χ0) is 18.3. The molecule has 0 aliphatic heterocycles. The fraction of sp³-hybridized carbons (Fsp3) is 0.222. The van der Waals surface area contributed by atoms with E-state index in [0.717, 1.165) is 11.0 Å². The molecule has 0 spiro atoms. The van der Waals surface area contributed by atoms with Gasteiger partial charge in [-0.2, -0.15) is 0 Å². The smallest absolute Gasteiger partial charge is 0.0889 e. The maximum absolute atomic E-state index is 5.56. The molecule has 3 rings (SSSR count). The molecule has 7 heteroatoms. The number of rotatable bonds is 0. The molecule has 0 unspecified atom stereocenters. The fourth-order valence-electron chi connectivity index (χ4n) is 2.08. The largest absolute Gasteiger partial charge is 0.397 e. The summed E-state index contributed by atoms with van der Waals surface area (Å²) in [7, 11) is 0. The summed E-state index contributed by atoms with van der Waals surface area (Å²) >= 11 is 4.24. The minimum Gasteiger partial charge on any atom is -0.397 e. The Kier molecular flexibility index (Phi) is 11.8. The molecule has 4 N–H and O–H groups in total. The van der Waals surface area contributed by atoms with Gasteiger partial charge in [0.2, 0.25) is 0 Å². The number of anilines is 2. The monoisotopic (exact) mass is 676 g/mol. The van der Waals surface area contributed by atoms with Crippen LogP contribution in [-0.2, 0) is 0 Å². The van der Waals surface area contributed by atoms with Crippen LogP contribution in [0.3, 0.4) is 0 Å². The molecule has 25 heavy (non-hydrogen) atoms. The van der Waals surface area contributed by atoms with E-state index in [1.54, 1.807) is 12.4 Å². The SMILES string of the molecule is Cc1cc(N)c(N)cc1C.Cc1cc2nccnc2cc1C.I.II. The van der Waals surface area contributed by atoms with Crippen LogP contribution in [0.1, 0.15) is 22.3 Å². The third-order valence-electron chi connectivity index (χ3n) is 3.78. The van der Waals surface area contributed by atoms with E-state index in [4.69, 9.17) is 11.5 Å². The van der Waals surface area contributed by atoms with Crippen molar-refractivity contribution < 1.29 is 0 Å². The number of aryl methyl sites for hydroxylation is 4. The van der Waals surface area contributed by atoms with Gasteiger partial charge in [0, 0.05) is 49.6 Å². The first-order chi connectivity index (χ1) is 11.4. The van der Waals surface area contributed by atoms with Gasteiger partial charge in [0.15, 0.2) is 0 Å². The van der Waals surface area contributed by atoms with E-state index >= 15 is 0 Å². The highest BCUT2D eigenvalue weighted by Gasteiger charge is 1.98. The molecule has 3 aromatic rings. The Bertz CT molecular complexity index is 732. The van der Waals surface area contributed by atoms with Crippen LogP contribution in [0.25, 0.3) is 11.0 Å². The van der Waals surface area contributed by atoms with E-state index in [0.29, 0.717) is 11.4 Å². The van der Waals surface area contributed by atoms with E-state index in [-0.39, 0.29) is 24.0 Å². The highest BCUT2D eigenvalue weighted by molar-refractivity contribution is 15.0. The predicted molar refractivity (Wildman–Crippen MR) is 137 cm³/mol. The molecular weight excluding hydrogens is 653 g/mol. The topological polar surface area (TPSA) is 77.8 Å². The molecular formula is C18H23I3N4. The van der Waals surface area contributed by atoms with Crippen LogP contribution >= 0.6 is 61.2 Å². The third-order valence-corrected chi connectivity index (χ3v) is 3.78. The van der Waals surface area contributed by atoms with Crippen molar-refractivity contribution in [3.8, 4) is 0 Å².